The van der Waals surface area contributed by atoms with Crippen LogP contribution >= 0.6 is 0 Å². The third-order valence-electron chi connectivity index (χ3n) is 5.41. The Kier molecular flexibility index (Phi) is 7.77. The minimum Gasteiger partial charge on any atom is -0.406 e. The number of carbonyl (C=O) groups is 1. The summed E-state index contributed by atoms with van der Waals surface area (Å²) >= 11 is 0. The van der Waals surface area contributed by atoms with Gasteiger partial charge in [-0.15, -0.1) is 5.11 Å². The van der Waals surface area contributed by atoms with Crippen molar-refractivity contribution < 1.29 is 9.53 Å². The van der Waals surface area contributed by atoms with Crippen LogP contribution in [-0.2, 0) is 0 Å². The van der Waals surface area contributed by atoms with E-state index in [1.165, 1.54) is 6.07 Å². The molecule has 1 aromatic heterocycles. The van der Waals surface area contributed by atoms with Crippen molar-refractivity contribution >= 4 is 29.1 Å². The minimum absolute atomic E-state index is 0.0412. The first kappa shape index (κ1) is 22.5. The van der Waals surface area contributed by atoms with Gasteiger partial charge in [-0.2, -0.15) is 5.11 Å². The van der Waals surface area contributed by atoms with Gasteiger partial charge in [0.05, 0.1) is 5.69 Å². The highest BCUT2D eigenvalue weighted by Gasteiger charge is 2.27. The summed E-state index contributed by atoms with van der Waals surface area (Å²) in [6.07, 6.45) is 2.54. The van der Waals surface area contributed by atoms with Crippen LogP contribution in [0, 0.1) is 0 Å². The van der Waals surface area contributed by atoms with Crippen molar-refractivity contribution in [3.05, 3.63) is 36.4 Å². The standard InChI is InChI=1S/C22H31N7O2/c1-3-12-28(4-2)17-10-13-29(14-11-17)22(30)31-19-15-18(20(23)25-21(19)24)27-26-16-8-6-5-7-9-16/h5-9,15,17H,3-4,10-14H2,1-2H3,(H4,23,24,25)/b27-26+. The SMILES string of the molecule is CCCN(CC)C1CCN(C(=O)Oc2cc(/N=N/c3ccccc3)c(N)nc2N)CC1. The fourth-order valence-corrected chi connectivity index (χ4v) is 3.74. The Balaban J connectivity index is 1.64. The Morgan fingerprint density at radius 2 is 1.87 bits per heavy atom. The van der Waals surface area contributed by atoms with Crippen LogP contribution in [0.4, 0.5) is 27.8 Å². The first-order valence-corrected chi connectivity index (χ1v) is 10.7. The second-order valence-corrected chi connectivity index (χ2v) is 7.53. The molecule has 2 heterocycles. The highest BCUT2D eigenvalue weighted by molar-refractivity contribution is 5.75. The maximum absolute atomic E-state index is 12.7. The topological polar surface area (TPSA) is 122 Å². The highest BCUT2D eigenvalue weighted by atomic mass is 16.6. The molecule has 1 aromatic carbocycles. The second kappa shape index (κ2) is 10.7. The number of amides is 1. The zero-order valence-corrected chi connectivity index (χ0v) is 18.2. The van der Waals surface area contributed by atoms with E-state index in [9.17, 15) is 4.79 Å². The number of hydrogen-bond acceptors (Lipinski definition) is 8. The molecule has 1 amide bonds. The van der Waals surface area contributed by atoms with Crippen molar-refractivity contribution in [3.63, 3.8) is 0 Å². The molecule has 0 spiro atoms. The molecule has 2 aromatic rings. The molecule has 166 valence electrons. The molecule has 0 unspecified atom stereocenters. The molecule has 4 N–H and O–H groups in total. The number of likely N-dealkylation sites (tertiary alicyclic amines) is 1. The number of benzene rings is 1. The monoisotopic (exact) mass is 425 g/mol. The molecule has 0 bridgehead atoms. The van der Waals surface area contributed by atoms with Gasteiger partial charge in [-0.05, 0) is 44.5 Å². The Labute approximate surface area is 183 Å². The predicted molar refractivity (Wildman–Crippen MR) is 122 cm³/mol. The van der Waals surface area contributed by atoms with Crippen LogP contribution in [0.5, 0.6) is 5.75 Å². The van der Waals surface area contributed by atoms with Gasteiger partial charge < -0.3 is 26.0 Å². The Hall–Kier alpha value is -3.20. The maximum atomic E-state index is 12.7. The minimum atomic E-state index is -0.443. The number of ether oxygens (including phenoxy) is 1. The molecule has 9 nitrogen and oxygen atoms in total. The summed E-state index contributed by atoms with van der Waals surface area (Å²) in [5, 5.41) is 8.26. The van der Waals surface area contributed by atoms with Gasteiger partial charge in [0.2, 0.25) is 0 Å². The van der Waals surface area contributed by atoms with Crippen molar-refractivity contribution in [3.8, 4) is 5.75 Å². The summed E-state index contributed by atoms with van der Waals surface area (Å²) in [5.41, 5.74) is 12.8. The van der Waals surface area contributed by atoms with Crippen molar-refractivity contribution in [1.29, 1.82) is 0 Å². The van der Waals surface area contributed by atoms with Gasteiger partial charge >= 0.3 is 6.09 Å². The smallest absolute Gasteiger partial charge is 0.406 e. The quantitative estimate of drug-likeness (QED) is 0.636. The number of anilines is 2. The third-order valence-corrected chi connectivity index (χ3v) is 5.41. The number of pyridine rings is 1. The number of nitrogen functional groups attached to an aromatic ring is 2. The van der Waals surface area contributed by atoms with Crippen LogP contribution in [0.1, 0.15) is 33.1 Å². The molecule has 31 heavy (non-hydrogen) atoms. The molecule has 0 saturated carbocycles. The van der Waals surface area contributed by atoms with Gasteiger partial charge in [-0.1, -0.05) is 32.0 Å². The molecule has 1 aliphatic rings. The molecular formula is C22H31N7O2. The Morgan fingerprint density at radius 3 is 2.52 bits per heavy atom. The van der Waals surface area contributed by atoms with E-state index in [1.807, 2.05) is 30.3 Å². The number of piperidine rings is 1. The van der Waals surface area contributed by atoms with Gasteiger partial charge in [0.25, 0.3) is 0 Å². The highest BCUT2D eigenvalue weighted by Crippen LogP contribution is 2.32. The summed E-state index contributed by atoms with van der Waals surface area (Å²) < 4.78 is 5.53. The van der Waals surface area contributed by atoms with E-state index in [0.29, 0.717) is 24.8 Å². The second-order valence-electron chi connectivity index (χ2n) is 7.53. The van der Waals surface area contributed by atoms with Crippen LogP contribution in [0.3, 0.4) is 0 Å². The maximum Gasteiger partial charge on any atom is 0.415 e. The van der Waals surface area contributed by atoms with Crippen molar-refractivity contribution in [2.45, 2.75) is 39.2 Å². The average Bonchev–Trinajstić information content (AvgIpc) is 2.79. The molecule has 1 fully saturated rings. The first-order chi connectivity index (χ1) is 15.0. The molecule has 1 aliphatic heterocycles. The van der Waals surface area contributed by atoms with Crippen LogP contribution in [0.25, 0.3) is 0 Å². The zero-order chi connectivity index (χ0) is 22.2. The zero-order valence-electron chi connectivity index (χ0n) is 18.2. The van der Waals surface area contributed by atoms with Crippen LogP contribution in [0.15, 0.2) is 46.6 Å². The summed E-state index contributed by atoms with van der Waals surface area (Å²) in [4.78, 5) is 20.9. The van der Waals surface area contributed by atoms with Gasteiger partial charge in [-0.3, -0.25) is 0 Å². The van der Waals surface area contributed by atoms with Crippen LogP contribution in [-0.4, -0.2) is 53.1 Å². The molecule has 3 rings (SSSR count). The summed E-state index contributed by atoms with van der Waals surface area (Å²) in [7, 11) is 0. The van der Waals surface area contributed by atoms with Gasteiger partial charge in [0.1, 0.15) is 5.69 Å². The first-order valence-electron chi connectivity index (χ1n) is 10.7. The molecule has 0 aliphatic carbocycles. The van der Waals surface area contributed by atoms with Crippen molar-refractivity contribution in [2.24, 2.45) is 10.2 Å². The lowest BCUT2D eigenvalue weighted by Gasteiger charge is -2.37. The van der Waals surface area contributed by atoms with E-state index < -0.39 is 6.09 Å². The van der Waals surface area contributed by atoms with E-state index in [1.54, 1.807) is 4.90 Å². The molecular weight excluding hydrogens is 394 g/mol. The van der Waals surface area contributed by atoms with Crippen molar-refractivity contribution in [2.75, 3.05) is 37.6 Å². The van der Waals surface area contributed by atoms with Crippen molar-refractivity contribution in [1.82, 2.24) is 14.8 Å². The fourth-order valence-electron chi connectivity index (χ4n) is 3.74. The molecule has 1 saturated heterocycles. The molecule has 0 atom stereocenters. The van der Waals surface area contributed by atoms with Gasteiger partial charge in [0, 0.05) is 25.2 Å². The number of carbonyl (C=O) groups excluding carboxylic acids is 1. The number of rotatable bonds is 7. The van der Waals surface area contributed by atoms with E-state index in [-0.39, 0.29) is 23.1 Å². The number of nitrogens with two attached hydrogens (primary N) is 2. The van der Waals surface area contributed by atoms with Crippen LogP contribution in [0.2, 0.25) is 0 Å². The van der Waals surface area contributed by atoms with E-state index in [0.717, 1.165) is 32.4 Å². The lowest BCUT2D eigenvalue weighted by molar-refractivity contribution is 0.101. The number of azo groups is 1. The largest absolute Gasteiger partial charge is 0.415 e. The Bertz CT molecular complexity index is 896. The third kappa shape index (κ3) is 5.91. The predicted octanol–water partition coefficient (Wildman–Crippen LogP) is 4.36. The van der Waals surface area contributed by atoms with E-state index >= 15 is 0 Å². The summed E-state index contributed by atoms with van der Waals surface area (Å²) in [5.74, 6) is 0.289. The number of hydrogen-bond donors (Lipinski definition) is 2. The lowest BCUT2D eigenvalue weighted by atomic mass is 10.0. The van der Waals surface area contributed by atoms with Gasteiger partial charge in [-0.25, -0.2) is 9.78 Å². The Morgan fingerprint density at radius 1 is 1.16 bits per heavy atom. The molecule has 9 heteroatoms. The summed E-state index contributed by atoms with van der Waals surface area (Å²) in [6.45, 7) is 7.77. The van der Waals surface area contributed by atoms with Crippen LogP contribution < -0.4 is 16.2 Å². The van der Waals surface area contributed by atoms with E-state index in [4.69, 9.17) is 16.2 Å². The fraction of sp³-hybridized carbons (Fsp3) is 0.455. The average molecular weight is 426 g/mol. The van der Waals surface area contributed by atoms with E-state index in [2.05, 4.69) is 34.0 Å². The normalized spacial score (nSPS) is 15.0. The molecule has 0 radical (unpaired) electrons. The number of nitrogens with zero attached hydrogens (tertiary/aromatic N) is 5. The number of aromatic nitrogens is 1. The summed E-state index contributed by atoms with van der Waals surface area (Å²) in [6, 6.07) is 11.2. The van der Waals surface area contributed by atoms with Gasteiger partial charge in [0.15, 0.2) is 17.4 Å². The lowest BCUT2D eigenvalue weighted by Crippen LogP contribution is -2.47.